The van der Waals surface area contributed by atoms with Crippen LogP contribution in [-0.4, -0.2) is 33.8 Å². The summed E-state index contributed by atoms with van der Waals surface area (Å²) in [6.07, 6.45) is 3.58. The van der Waals surface area contributed by atoms with Crippen LogP contribution in [-0.2, 0) is 6.61 Å². The second-order valence-corrected chi connectivity index (χ2v) is 6.29. The summed E-state index contributed by atoms with van der Waals surface area (Å²) in [5.41, 5.74) is 1.30. The Hall–Kier alpha value is -3.02. The molecule has 1 aliphatic heterocycles. The molecule has 0 spiro atoms. The van der Waals surface area contributed by atoms with Crippen LogP contribution < -0.4 is 10.3 Å². The SMILES string of the molecule is C=Cc1c(OCc2ccccc2)ccn(C2CCN(C(=O)O)CC2)c1=O. The molecule has 6 heteroatoms. The lowest BCUT2D eigenvalue weighted by molar-refractivity contribution is 0.125. The molecular formula is C20H22N2O4. The highest BCUT2D eigenvalue weighted by atomic mass is 16.5. The van der Waals surface area contributed by atoms with Crippen molar-refractivity contribution in [2.75, 3.05) is 13.1 Å². The number of carbonyl (C=O) groups is 1. The van der Waals surface area contributed by atoms with E-state index in [9.17, 15) is 9.59 Å². The lowest BCUT2D eigenvalue weighted by Crippen LogP contribution is -2.40. The van der Waals surface area contributed by atoms with E-state index in [1.54, 1.807) is 16.8 Å². The molecule has 26 heavy (non-hydrogen) atoms. The minimum absolute atomic E-state index is 0.0139. The van der Waals surface area contributed by atoms with Gasteiger partial charge in [-0.3, -0.25) is 4.79 Å². The molecule has 0 atom stereocenters. The minimum Gasteiger partial charge on any atom is -0.488 e. The van der Waals surface area contributed by atoms with E-state index in [1.807, 2.05) is 30.3 Å². The lowest BCUT2D eigenvalue weighted by Gasteiger charge is -2.31. The Bertz CT molecular complexity index is 837. The number of carboxylic acid groups (broad SMARTS) is 1. The van der Waals surface area contributed by atoms with Crippen molar-refractivity contribution in [3.63, 3.8) is 0 Å². The van der Waals surface area contributed by atoms with Crippen molar-refractivity contribution in [2.24, 2.45) is 0 Å². The van der Waals surface area contributed by atoms with Gasteiger partial charge in [-0.1, -0.05) is 43.0 Å². The van der Waals surface area contributed by atoms with Crippen molar-refractivity contribution >= 4 is 12.2 Å². The number of hydrogen-bond donors (Lipinski definition) is 1. The third-order valence-corrected chi connectivity index (χ3v) is 4.69. The molecule has 0 radical (unpaired) electrons. The summed E-state index contributed by atoms with van der Waals surface area (Å²) in [6.45, 7) is 4.99. The molecule has 0 bridgehead atoms. The number of amides is 1. The minimum atomic E-state index is -0.910. The number of piperidine rings is 1. The van der Waals surface area contributed by atoms with Crippen molar-refractivity contribution < 1.29 is 14.6 Å². The van der Waals surface area contributed by atoms with Gasteiger partial charge in [-0.05, 0) is 24.5 Å². The molecule has 136 valence electrons. The Balaban J connectivity index is 1.76. The first kappa shape index (κ1) is 17.8. The van der Waals surface area contributed by atoms with Crippen molar-refractivity contribution in [1.82, 2.24) is 9.47 Å². The summed E-state index contributed by atoms with van der Waals surface area (Å²) >= 11 is 0. The maximum atomic E-state index is 12.8. The van der Waals surface area contributed by atoms with E-state index in [2.05, 4.69) is 6.58 Å². The van der Waals surface area contributed by atoms with E-state index < -0.39 is 6.09 Å². The van der Waals surface area contributed by atoms with Crippen LogP contribution in [0.25, 0.3) is 6.08 Å². The molecule has 0 aliphatic carbocycles. The Labute approximate surface area is 151 Å². The number of pyridine rings is 1. The van der Waals surface area contributed by atoms with Crippen LogP contribution in [0.2, 0.25) is 0 Å². The van der Waals surface area contributed by atoms with Gasteiger partial charge in [0.1, 0.15) is 12.4 Å². The van der Waals surface area contributed by atoms with Gasteiger partial charge in [-0.2, -0.15) is 0 Å². The van der Waals surface area contributed by atoms with Crippen LogP contribution in [0.1, 0.15) is 30.0 Å². The van der Waals surface area contributed by atoms with Gasteiger partial charge in [0.15, 0.2) is 0 Å². The van der Waals surface area contributed by atoms with Crippen LogP contribution in [0.5, 0.6) is 5.75 Å². The summed E-state index contributed by atoms with van der Waals surface area (Å²) in [6, 6.07) is 11.5. The first-order valence-corrected chi connectivity index (χ1v) is 8.62. The zero-order valence-corrected chi connectivity index (χ0v) is 14.5. The van der Waals surface area contributed by atoms with Gasteiger partial charge in [-0.15, -0.1) is 0 Å². The summed E-state index contributed by atoms with van der Waals surface area (Å²) in [7, 11) is 0. The summed E-state index contributed by atoms with van der Waals surface area (Å²) in [5.74, 6) is 0.507. The van der Waals surface area contributed by atoms with E-state index in [0.717, 1.165) is 5.56 Å². The lowest BCUT2D eigenvalue weighted by atomic mass is 10.0. The molecule has 1 aromatic heterocycles. The monoisotopic (exact) mass is 354 g/mol. The van der Waals surface area contributed by atoms with Crippen molar-refractivity contribution in [2.45, 2.75) is 25.5 Å². The molecule has 2 aromatic rings. The Morgan fingerprint density at radius 3 is 2.54 bits per heavy atom. The topological polar surface area (TPSA) is 71.8 Å². The molecule has 0 saturated carbocycles. The average Bonchev–Trinajstić information content (AvgIpc) is 2.67. The maximum Gasteiger partial charge on any atom is 0.407 e. The first-order chi connectivity index (χ1) is 12.6. The van der Waals surface area contributed by atoms with E-state index in [1.165, 1.54) is 11.0 Å². The molecule has 0 unspecified atom stereocenters. The van der Waals surface area contributed by atoms with Crippen molar-refractivity contribution in [3.05, 3.63) is 70.7 Å². The summed E-state index contributed by atoms with van der Waals surface area (Å²) in [5, 5.41) is 9.05. The molecule has 1 aliphatic rings. The van der Waals surface area contributed by atoms with Crippen LogP contribution in [0, 0.1) is 0 Å². The van der Waals surface area contributed by atoms with E-state index in [0.29, 0.717) is 43.9 Å². The fourth-order valence-electron chi connectivity index (χ4n) is 3.22. The second kappa shape index (κ2) is 7.91. The molecular weight excluding hydrogens is 332 g/mol. The molecule has 1 aromatic carbocycles. The quantitative estimate of drug-likeness (QED) is 0.893. The maximum absolute atomic E-state index is 12.8. The van der Waals surface area contributed by atoms with Gasteiger partial charge in [0.2, 0.25) is 0 Å². The van der Waals surface area contributed by atoms with Gasteiger partial charge in [-0.25, -0.2) is 4.79 Å². The molecule has 1 amide bonds. The molecule has 1 N–H and O–H groups in total. The van der Waals surface area contributed by atoms with Crippen molar-refractivity contribution in [1.29, 1.82) is 0 Å². The largest absolute Gasteiger partial charge is 0.488 e. The number of hydrogen-bond acceptors (Lipinski definition) is 3. The van der Waals surface area contributed by atoms with Crippen LogP contribution in [0.15, 0.2) is 54.0 Å². The molecule has 2 heterocycles. The molecule has 1 fully saturated rings. The van der Waals surface area contributed by atoms with Gasteiger partial charge in [0.05, 0.1) is 5.56 Å². The number of likely N-dealkylation sites (tertiary alicyclic amines) is 1. The Morgan fingerprint density at radius 1 is 1.23 bits per heavy atom. The number of rotatable bonds is 5. The number of ether oxygens (including phenoxy) is 1. The third kappa shape index (κ3) is 3.79. The number of benzene rings is 1. The van der Waals surface area contributed by atoms with E-state index in [-0.39, 0.29) is 11.6 Å². The van der Waals surface area contributed by atoms with Crippen LogP contribution in [0.3, 0.4) is 0 Å². The molecule has 6 nitrogen and oxygen atoms in total. The normalized spacial score (nSPS) is 14.8. The highest BCUT2D eigenvalue weighted by Gasteiger charge is 2.24. The summed E-state index contributed by atoms with van der Waals surface area (Å²) in [4.78, 5) is 25.2. The highest BCUT2D eigenvalue weighted by molar-refractivity contribution is 5.65. The van der Waals surface area contributed by atoms with Gasteiger partial charge < -0.3 is 19.3 Å². The average molecular weight is 354 g/mol. The number of aromatic nitrogens is 1. The van der Waals surface area contributed by atoms with Gasteiger partial charge in [0.25, 0.3) is 5.56 Å². The van der Waals surface area contributed by atoms with E-state index in [4.69, 9.17) is 9.84 Å². The Kier molecular flexibility index (Phi) is 5.41. The van der Waals surface area contributed by atoms with Crippen LogP contribution >= 0.6 is 0 Å². The molecule has 1 saturated heterocycles. The third-order valence-electron chi connectivity index (χ3n) is 4.69. The smallest absolute Gasteiger partial charge is 0.407 e. The van der Waals surface area contributed by atoms with Gasteiger partial charge in [0, 0.05) is 25.3 Å². The fraction of sp³-hybridized carbons (Fsp3) is 0.300. The predicted molar refractivity (Wildman–Crippen MR) is 99.4 cm³/mol. The number of nitrogens with zero attached hydrogens (tertiary/aromatic N) is 2. The zero-order chi connectivity index (χ0) is 18.5. The van der Waals surface area contributed by atoms with E-state index >= 15 is 0 Å². The Morgan fingerprint density at radius 2 is 1.92 bits per heavy atom. The summed E-state index contributed by atoms with van der Waals surface area (Å²) < 4.78 is 7.49. The second-order valence-electron chi connectivity index (χ2n) is 6.29. The standard InChI is InChI=1S/C20H22N2O4/c1-2-17-18(26-14-15-6-4-3-5-7-15)10-13-22(19(17)23)16-8-11-21(12-9-16)20(24)25/h2-7,10,13,16H,1,8-9,11-12,14H2,(H,24,25). The van der Waals surface area contributed by atoms with Crippen molar-refractivity contribution in [3.8, 4) is 5.75 Å². The van der Waals surface area contributed by atoms with Crippen LogP contribution in [0.4, 0.5) is 4.79 Å². The zero-order valence-electron chi connectivity index (χ0n) is 14.5. The molecule has 3 rings (SSSR count). The predicted octanol–water partition coefficient (Wildman–Crippen LogP) is 3.39. The van der Waals surface area contributed by atoms with Gasteiger partial charge >= 0.3 is 6.09 Å². The first-order valence-electron chi connectivity index (χ1n) is 8.62. The fourth-order valence-corrected chi connectivity index (χ4v) is 3.22. The highest BCUT2D eigenvalue weighted by Crippen LogP contribution is 2.24.